The predicted molar refractivity (Wildman–Crippen MR) is 102 cm³/mol. The van der Waals surface area contributed by atoms with Gasteiger partial charge >= 0.3 is 0 Å². The molecule has 3 rings (SSSR count). The van der Waals surface area contributed by atoms with Crippen molar-refractivity contribution in [3.63, 3.8) is 0 Å². The first-order valence-corrected chi connectivity index (χ1v) is 10.6. The lowest BCUT2D eigenvalue weighted by Crippen LogP contribution is -2.45. The Labute approximate surface area is 154 Å². The minimum Gasteiger partial charge on any atom is -0.492 e. The third-order valence-electron chi connectivity index (χ3n) is 4.61. The van der Waals surface area contributed by atoms with Gasteiger partial charge in [0.05, 0.1) is 18.7 Å². The second-order valence-electron chi connectivity index (χ2n) is 6.61. The number of ether oxygens (including phenoxy) is 1. The van der Waals surface area contributed by atoms with Gasteiger partial charge in [0, 0.05) is 13.1 Å². The summed E-state index contributed by atoms with van der Waals surface area (Å²) < 4.78 is 30.4. The van der Waals surface area contributed by atoms with Crippen LogP contribution in [0.15, 0.2) is 42.5 Å². The van der Waals surface area contributed by atoms with Crippen LogP contribution in [0.4, 0.5) is 0 Å². The minimum atomic E-state index is -3.24. The largest absolute Gasteiger partial charge is 0.492 e. The van der Waals surface area contributed by atoms with E-state index in [1.54, 1.807) is 0 Å². The van der Waals surface area contributed by atoms with Crippen molar-refractivity contribution in [1.29, 1.82) is 0 Å². The Kier molecular flexibility index (Phi) is 5.78. The molecule has 1 heterocycles. The molecule has 1 atom stereocenters. The zero-order chi connectivity index (χ0) is 18.6. The summed E-state index contributed by atoms with van der Waals surface area (Å²) in [5.74, 6) is 0.360. The molecule has 140 valence electrons. The third-order valence-corrected chi connectivity index (χ3v) is 5.88. The molecule has 0 saturated carbocycles. The monoisotopic (exact) mass is 376 g/mol. The highest BCUT2D eigenvalue weighted by molar-refractivity contribution is 7.88. The van der Waals surface area contributed by atoms with Gasteiger partial charge in [-0.15, -0.1) is 0 Å². The quantitative estimate of drug-likeness (QED) is 0.783. The molecule has 1 amide bonds. The molecular formula is C19H24N2O4S. The molecule has 1 saturated heterocycles. The molecular weight excluding hydrogens is 352 g/mol. The topological polar surface area (TPSA) is 75.7 Å². The number of hydrogen-bond donors (Lipinski definition) is 1. The van der Waals surface area contributed by atoms with E-state index < -0.39 is 10.0 Å². The lowest BCUT2D eigenvalue weighted by molar-refractivity contribution is -0.126. The molecule has 0 aromatic heterocycles. The molecule has 0 spiro atoms. The van der Waals surface area contributed by atoms with Gasteiger partial charge in [0.15, 0.2) is 0 Å². The maximum absolute atomic E-state index is 12.3. The van der Waals surface area contributed by atoms with Gasteiger partial charge in [-0.2, -0.15) is 0 Å². The lowest BCUT2D eigenvalue weighted by Gasteiger charge is -2.30. The van der Waals surface area contributed by atoms with Crippen molar-refractivity contribution >= 4 is 26.7 Å². The van der Waals surface area contributed by atoms with Crippen molar-refractivity contribution in [1.82, 2.24) is 9.62 Å². The van der Waals surface area contributed by atoms with Crippen LogP contribution in [-0.2, 0) is 14.8 Å². The highest BCUT2D eigenvalue weighted by Crippen LogP contribution is 2.21. The second kappa shape index (κ2) is 8.05. The molecule has 0 aliphatic carbocycles. The first kappa shape index (κ1) is 18.7. The number of carbonyl (C=O) groups excluding carboxylic acids is 1. The maximum atomic E-state index is 12.3. The van der Waals surface area contributed by atoms with Gasteiger partial charge < -0.3 is 10.1 Å². The van der Waals surface area contributed by atoms with Crippen LogP contribution in [-0.4, -0.2) is 51.1 Å². The number of hydrogen-bond acceptors (Lipinski definition) is 4. The van der Waals surface area contributed by atoms with Crippen molar-refractivity contribution in [2.24, 2.45) is 5.92 Å². The lowest BCUT2D eigenvalue weighted by atomic mass is 9.99. The van der Waals surface area contributed by atoms with E-state index in [0.29, 0.717) is 32.5 Å². The maximum Gasteiger partial charge on any atom is 0.224 e. The van der Waals surface area contributed by atoms with Gasteiger partial charge in [0.2, 0.25) is 15.9 Å². The van der Waals surface area contributed by atoms with E-state index in [1.165, 1.54) is 10.6 Å². The van der Waals surface area contributed by atoms with E-state index in [9.17, 15) is 13.2 Å². The van der Waals surface area contributed by atoms with Crippen LogP contribution in [0.3, 0.4) is 0 Å². The molecule has 26 heavy (non-hydrogen) atoms. The van der Waals surface area contributed by atoms with Crippen molar-refractivity contribution in [2.45, 2.75) is 12.8 Å². The van der Waals surface area contributed by atoms with Crippen molar-refractivity contribution in [3.8, 4) is 5.75 Å². The number of sulfonamides is 1. The summed E-state index contributed by atoms with van der Waals surface area (Å²) in [6, 6.07) is 13.9. The molecule has 7 heteroatoms. The number of nitrogens with zero attached hydrogens (tertiary/aromatic N) is 1. The van der Waals surface area contributed by atoms with Crippen LogP contribution in [0.1, 0.15) is 12.8 Å². The normalized spacial score (nSPS) is 18.6. The van der Waals surface area contributed by atoms with Crippen molar-refractivity contribution in [3.05, 3.63) is 42.5 Å². The summed E-state index contributed by atoms with van der Waals surface area (Å²) in [5.41, 5.74) is 0. The smallest absolute Gasteiger partial charge is 0.224 e. The highest BCUT2D eigenvalue weighted by atomic mass is 32.2. The number of fused-ring (bicyclic) bond motifs is 1. The Morgan fingerprint density at radius 2 is 2.00 bits per heavy atom. The molecule has 1 aliphatic heterocycles. The Hall–Kier alpha value is -2.12. The number of carbonyl (C=O) groups is 1. The molecule has 1 aliphatic rings. The molecule has 2 aromatic rings. The van der Waals surface area contributed by atoms with Gasteiger partial charge in [-0.05, 0) is 35.7 Å². The predicted octanol–water partition coefficient (Wildman–Crippen LogP) is 2.01. The number of piperidine rings is 1. The van der Waals surface area contributed by atoms with Crippen molar-refractivity contribution < 1.29 is 17.9 Å². The first-order valence-electron chi connectivity index (χ1n) is 8.78. The number of nitrogens with one attached hydrogen (secondary N) is 1. The Bertz CT molecular complexity index is 882. The van der Waals surface area contributed by atoms with E-state index in [-0.39, 0.29) is 18.4 Å². The second-order valence-corrected chi connectivity index (χ2v) is 8.59. The SMILES string of the molecule is CS(=O)(=O)N1CCC[C@H](C(=O)NCCOc2ccc3ccccc3c2)C1. The van der Waals surface area contributed by atoms with E-state index >= 15 is 0 Å². The van der Waals surface area contributed by atoms with Gasteiger partial charge in [-0.1, -0.05) is 30.3 Å². The number of rotatable bonds is 6. The average Bonchev–Trinajstić information content (AvgIpc) is 2.64. The Balaban J connectivity index is 1.46. The van der Waals surface area contributed by atoms with Crippen molar-refractivity contribution in [2.75, 3.05) is 32.5 Å². The number of benzene rings is 2. The number of amides is 1. The van der Waals surface area contributed by atoms with Crippen LogP contribution < -0.4 is 10.1 Å². The van der Waals surface area contributed by atoms with Crippen LogP contribution in [0.25, 0.3) is 10.8 Å². The molecule has 1 N–H and O–H groups in total. The van der Waals surface area contributed by atoms with Gasteiger partial charge in [-0.25, -0.2) is 12.7 Å². The van der Waals surface area contributed by atoms with Crippen LogP contribution >= 0.6 is 0 Å². The first-order chi connectivity index (χ1) is 12.4. The fourth-order valence-corrected chi connectivity index (χ4v) is 4.11. The third kappa shape index (κ3) is 4.74. The molecule has 0 unspecified atom stereocenters. The summed E-state index contributed by atoms with van der Waals surface area (Å²) >= 11 is 0. The summed E-state index contributed by atoms with van der Waals surface area (Å²) in [4.78, 5) is 12.3. The van der Waals surface area contributed by atoms with Gasteiger partial charge in [-0.3, -0.25) is 4.79 Å². The average molecular weight is 376 g/mol. The molecule has 0 bridgehead atoms. The van der Waals surface area contributed by atoms with Gasteiger partial charge in [0.1, 0.15) is 12.4 Å². The molecule has 0 radical (unpaired) electrons. The van der Waals surface area contributed by atoms with E-state index in [2.05, 4.69) is 5.32 Å². The van der Waals surface area contributed by atoms with E-state index in [1.807, 2.05) is 42.5 Å². The highest BCUT2D eigenvalue weighted by Gasteiger charge is 2.29. The fraction of sp³-hybridized carbons (Fsp3) is 0.421. The van der Waals surface area contributed by atoms with Crippen LogP contribution in [0.5, 0.6) is 5.75 Å². The summed E-state index contributed by atoms with van der Waals surface area (Å²) in [6.45, 7) is 1.51. The fourth-order valence-electron chi connectivity index (χ4n) is 3.20. The zero-order valence-electron chi connectivity index (χ0n) is 14.8. The summed E-state index contributed by atoms with van der Waals surface area (Å²) in [6.07, 6.45) is 2.60. The summed E-state index contributed by atoms with van der Waals surface area (Å²) in [5, 5.41) is 5.11. The van der Waals surface area contributed by atoms with Crippen LogP contribution in [0, 0.1) is 5.92 Å². The Morgan fingerprint density at radius 1 is 1.23 bits per heavy atom. The van der Waals surface area contributed by atoms with Gasteiger partial charge in [0.25, 0.3) is 0 Å². The summed E-state index contributed by atoms with van der Waals surface area (Å²) in [7, 11) is -3.24. The zero-order valence-corrected chi connectivity index (χ0v) is 15.7. The Morgan fingerprint density at radius 3 is 2.77 bits per heavy atom. The molecule has 6 nitrogen and oxygen atoms in total. The minimum absolute atomic E-state index is 0.111. The van der Waals surface area contributed by atoms with Crippen LogP contribution in [0.2, 0.25) is 0 Å². The van der Waals surface area contributed by atoms with E-state index in [0.717, 1.165) is 16.5 Å². The standard InChI is InChI=1S/C19H24N2O4S/c1-26(23,24)21-11-4-7-17(14-21)19(22)20-10-12-25-18-9-8-15-5-2-3-6-16(15)13-18/h2-3,5-6,8-9,13,17H,4,7,10-12,14H2,1H3,(H,20,22)/t17-/m0/s1. The molecule has 2 aromatic carbocycles. The van der Waals surface area contributed by atoms with E-state index in [4.69, 9.17) is 4.74 Å². The molecule has 1 fully saturated rings.